The van der Waals surface area contributed by atoms with Gasteiger partial charge in [0, 0.05) is 6.26 Å². The zero-order valence-electron chi connectivity index (χ0n) is 9.77. The fraction of sp³-hybridized carbons (Fsp3) is 0.182. The molecule has 0 aliphatic carbocycles. The third kappa shape index (κ3) is 2.37. The molecule has 2 aromatic rings. The smallest absolute Gasteiger partial charge is 0.180 e. The lowest BCUT2D eigenvalue weighted by atomic mass is 10.1. The van der Waals surface area contributed by atoms with E-state index in [9.17, 15) is 12.8 Å². The Morgan fingerprint density at radius 1 is 1.39 bits per heavy atom. The second-order valence-electron chi connectivity index (χ2n) is 3.88. The number of sulfone groups is 1. The number of hydrogen-bond acceptors (Lipinski definition) is 5. The molecule has 0 aliphatic rings. The first-order chi connectivity index (χ1) is 8.29. The van der Waals surface area contributed by atoms with Crippen LogP contribution in [-0.4, -0.2) is 19.7 Å². The second kappa shape index (κ2) is 4.33. The highest BCUT2D eigenvalue weighted by molar-refractivity contribution is 7.90. The van der Waals surface area contributed by atoms with E-state index in [-0.39, 0.29) is 4.90 Å². The topological polar surface area (TPSA) is 73.0 Å². The lowest BCUT2D eigenvalue weighted by Gasteiger charge is -2.04. The number of rotatable bonds is 2. The summed E-state index contributed by atoms with van der Waals surface area (Å²) in [6.07, 6.45) is 0.975. The van der Waals surface area contributed by atoms with Crippen LogP contribution in [0, 0.1) is 12.7 Å². The molecule has 0 saturated carbocycles. The molecule has 0 spiro atoms. The van der Waals surface area contributed by atoms with Crippen LogP contribution in [0.3, 0.4) is 0 Å². The van der Waals surface area contributed by atoms with Crippen LogP contribution in [0.25, 0.3) is 10.4 Å². The molecule has 0 radical (unpaired) electrons. The summed E-state index contributed by atoms with van der Waals surface area (Å²) in [4.78, 5) is 4.49. The zero-order valence-corrected chi connectivity index (χ0v) is 11.4. The van der Waals surface area contributed by atoms with Crippen molar-refractivity contribution in [3.8, 4) is 10.4 Å². The van der Waals surface area contributed by atoms with Gasteiger partial charge in [0.1, 0.15) is 10.7 Å². The minimum absolute atomic E-state index is 0.314. The van der Waals surface area contributed by atoms with Gasteiger partial charge in [-0.05, 0) is 24.6 Å². The Labute approximate surface area is 108 Å². The molecule has 0 aliphatic heterocycles. The average molecular weight is 286 g/mol. The first-order valence-corrected chi connectivity index (χ1v) is 7.72. The van der Waals surface area contributed by atoms with Gasteiger partial charge >= 0.3 is 0 Å². The number of thiazole rings is 1. The molecule has 0 unspecified atom stereocenters. The molecule has 0 atom stereocenters. The van der Waals surface area contributed by atoms with Crippen molar-refractivity contribution in [2.75, 3.05) is 12.0 Å². The second-order valence-corrected chi connectivity index (χ2v) is 6.90. The number of nitrogen functional groups attached to an aromatic ring is 1. The number of benzene rings is 1. The first-order valence-electron chi connectivity index (χ1n) is 5.02. The normalized spacial score (nSPS) is 11.7. The van der Waals surface area contributed by atoms with Gasteiger partial charge in [-0.15, -0.1) is 0 Å². The summed E-state index contributed by atoms with van der Waals surface area (Å²) >= 11 is 1.24. The maximum atomic E-state index is 13.5. The molecule has 0 saturated heterocycles. The van der Waals surface area contributed by atoms with E-state index in [1.807, 2.05) is 0 Å². The third-order valence-corrected chi connectivity index (χ3v) is 4.55. The minimum Gasteiger partial charge on any atom is -0.375 e. The molecule has 7 heteroatoms. The van der Waals surface area contributed by atoms with Gasteiger partial charge in [0.05, 0.1) is 10.6 Å². The van der Waals surface area contributed by atoms with Gasteiger partial charge in [-0.2, -0.15) is 0 Å². The monoisotopic (exact) mass is 286 g/mol. The molecule has 1 aromatic carbocycles. The molecule has 0 amide bonds. The molecular formula is C11H11FN2O2S2. The van der Waals surface area contributed by atoms with E-state index in [0.717, 1.165) is 17.2 Å². The summed E-state index contributed by atoms with van der Waals surface area (Å²) < 4.78 is 36.4. The number of nitrogens with zero attached hydrogens (tertiary/aromatic N) is 1. The van der Waals surface area contributed by atoms with Crippen molar-refractivity contribution < 1.29 is 12.8 Å². The Bertz CT molecular complexity index is 708. The molecular weight excluding hydrogens is 275 g/mol. The van der Waals surface area contributed by atoms with Gasteiger partial charge in [0.2, 0.25) is 0 Å². The fourth-order valence-corrected chi connectivity index (χ4v) is 3.21. The maximum Gasteiger partial charge on any atom is 0.180 e. The average Bonchev–Trinajstić information content (AvgIpc) is 2.57. The Morgan fingerprint density at radius 2 is 2.06 bits per heavy atom. The molecule has 4 nitrogen and oxygen atoms in total. The van der Waals surface area contributed by atoms with Crippen LogP contribution < -0.4 is 5.73 Å². The summed E-state index contributed by atoms with van der Waals surface area (Å²) in [5, 5.41) is 0.396. The zero-order chi connectivity index (χ0) is 13.5. The maximum absolute atomic E-state index is 13.5. The van der Waals surface area contributed by atoms with Crippen LogP contribution in [0.1, 0.15) is 5.69 Å². The number of aromatic nitrogens is 1. The van der Waals surface area contributed by atoms with Crippen LogP contribution in [-0.2, 0) is 9.84 Å². The van der Waals surface area contributed by atoms with Gasteiger partial charge < -0.3 is 5.73 Å². The van der Waals surface area contributed by atoms with Crippen LogP contribution >= 0.6 is 11.3 Å². The van der Waals surface area contributed by atoms with Crippen molar-refractivity contribution in [2.24, 2.45) is 0 Å². The van der Waals surface area contributed by atoms with E-state index in [0.29, 0.717) is 16.4 Å². The summed E-state index contributed by atoms with van der Waals surface area (Å²) in [5.41, 5.74) is 6.88. The van der Waals surface area contributed by atoms with Gasteiger partial charge in [-0.3, -0.25) is 0 Å². The highest BCUT2D eigenvalue weighted by atomic mass is 32.2. The summed E-state index contributed by atoms with van der Waals surface area (Å²) in [6.45, 7) is 1.77. The van der Waals surface area contributed by atoms with E-state index in [1.165, 1.54) is 23.5 Å². The van der Waals surface area contributed by atoms with Gasteiger partial charge in [0.25, 0.3) is 0 Å². The highest BCUT2D eigenvalue weighted by Gasteiger charge is 2.16. The summed E-state index contributed by atoms with van der Waals surface area (Å²) in [5.74, 6) is -0.753. The van der Waals surface area contributed by atoms with E-state index >= 15 is 0 Å². The highest BCUT2D eigenvalue weighted by Crippen LogP contribution is 2.33. The Hall–Kier alpha value is -1.47. The van der Waals surface area contributed by atoms with Crippen molar-refractivity contribution in [2.45, 2.75) is 11.8 Å². The predicted octanol–water partition coefficient (Wildman–Crippen LogP) is 2.24. The first kappa shape index (κ1) is 13.0. The van der Waals surface area contributed by atoms with Crippen molar-refractivity contribution >= 4 is 26.3 Å². The van der Waals surface area contributed by atoms with Crippen molar-refractivity contribution in [3.63, 3.8) is 0 Å². The SMILES string of the molecule is Cc1nc(N)sc1-c1ccc(F)c(S(C)(=O)=O)c1. The Morgan fingerprint density at radius 3 is 2.56 bits per heavy atom. The predicted molar refractivity (Wildman–Crippen MR) is 69.8 cm³/mol. The number of nitrogens with two attached hydrogens (primary N) is 1. The Balaban J connectivity index is 2.65. The van der Waals surface area contributed by atoms with E-state index in [2.05, 4.69) is 4.98 Å². The molecule has 0 bridgehead atoms. The van der Waals surface area contributed by atoms with Gasteiger partial charge in [-0.1, -0.05) is 17.4 Å². The standard InChI is InChI=1S/C11H11FN2O2S2/c1-6-10(17-11(13)14-6)7-3-4-8(12)9(5-7)18(2,15)16/h3-5H,1-2H3,(H2,13,14). The number of anilines is 1. The molecule has 0 fully saturated rings. The quantitative estimate of drug-likeness (QED) is 0.919. The fourth-order valence-electron chi connectivity index (χ4n) is 1.61. The van der Waals surface area contributed by atoms with Crippen LogP contribution in [0.5, 0.6) is 0 Å². The van der Waals surface area contributed by atoms with E-state index in [1.54, 1.807) is 6.92 Å². The van der Waals surface area contributed by atoms with Gasteiger partial charge in [-0.25, -0.2) is 17.8 Å². The third-order valence-electron chi connectivity index (χ3n) is 2.41. The van der Waals surface area contributed by atoms with Crippen molar-refractivity contribution in [1.29, 1.82) is 0 Å². The molecule has 2 N–H and O–H groups in total. The van der Waals surface area contributed by atoms with Crippen molar-refractivity contribution in [3.05, 3.63) is 29.7 Å². The largest absolute Gasteiger partial charge is 0.375 e. The Kier molecular flexibility index (Phi) is 3.12. The minimum atomic E-state index is -3.59. The molecule has 18 heavy (non-hydrogen) atoms. The number of aryl methyl sites for hydroxylation is 1. The number of halogens is 1. The van der Waals surface area contributed by atoms with E-state index in [4.69, 9.17) is 5.73 Å². The van der Waals surface area contributed by atoms with E-state index < -0.39 is 15.7 Å². The molecule has 2 rings (SSSR count). The van der Waals surface area contributed by atoms with Gasteiger partial charge in [0.15, 0.2) is 15.0 Å². The summed E-state index contributed by atoms with van der Waals surface area (Å²) in [7, 11) is -3.59. The van der Waals surface area contributed by atoms with Crippen LogP contribution in [0.4, 0.5) is 9.52 Å². The molecule has 96 valence electrons. The molecule has 1 heterocycles. The lowest BCUT2D eigenvalue weighted by Crippen LogP contribution is -2.00. The van der Waals surface area contributed by atoms with Crippen LogP contribution in [0.15, 0.2) is 23.1 Å². The van der Waals surface area contributed by atoms with Crippen molar-refractivity contribution in [1.82, 2.24) is 4.98 Å². The lowest BCUT2D eigenvalue weighted by molar-refractivity contribution is 0.571. The molecule has 1 aromatic heterocycles. The number of hydrogen-bond donors (Lipinski definition) is 1. The van der Waals surface area contributed by atoms with Crippen LogP contribution in [0.2, 0.25) is 0 Å². The summed E-state index contributed by atoms with van der Waals surface area (Å²) in [6, 6.07) is 3.97.